The van der Waals surface area contributed by atoms with Crippen molar-refractivity contribution in [2.45, 2.75) is 19.9 Å². The lowest BCUT2D eigenvalue weighted by Gasteiger charge is -2.02. The number of nitrogens with zero attached hydrogens (tertiary/aromatic N) is 2. The second kappa shape index (κ2) is 3.79. The number of fused-ring (bicyclic) bond motifs is 1. The molecule has 4 heteroatoms. The van der Waals surface area contributed by atoms with Crippen LogP contribution in [0.15, 0.2) is 18.3 Å². The summed E-state index contributed by atoms with van der Waals surface area (Å²) in [5.41, 5.74) is 0.970. The van der Waals surface area contributed by atoms with Gasteiger partial charge in [0.25, 0.3) is 0 Å². The van der Waals surface area contributed by atoms with Crippen LogP contribution in [0, 0.1) is 0 Å². The third kappa shape index (κ3) is 1.60. The number of aromatic nitrogens is 2. The SMILES string of the molecule is CCCn1ncc2cc(Cl)cc(Cl)c21. The van der Waals surface area contributed by atoms with Crippen LogP contribution in [0.25, 0.3) is 10.9 Å². The molecule has 2 aromatic rings. The normalized spacial score (nSPS) is 11.1. The monoisotopic (exact) mass is 228 g/mol. The van der Waals surface area contributed by atoms with Gasteiger partial charge in [0.05, 0.1) is 16.7 Å². The highest BCUT2D eigenvalue weighted by Crippen LogP contribution is 2.27. The predicted molar refractivity (Wildman–Crippen MR) is 60.0 cm³/mol. The Labute approximate surface area is 92.4 Å². The summed E-state index contributed by atoms with van der Waals surface area (Å²) in [6.07, 6.45) is 2.83. The fourth-order valence-electron chi connectivity index (χ4n) is 1.53. The molecule has 0 unspecified atom stereocenters. The van der Waals surface area contributed by atoms with Crippen molar-refractivity contribution in [2.24, 2.45) is 0 Å². The summed E-state index contributed by atoms with van der Waals surface area (Å²) >= 11 is 12.0. The van der Waals surface area contributed by atoms with Crippen molar-refractivity contribution in [3.05, 3.63) is 28.4 Å². The Morgan fingerprint density at radius 1 is 1.36 bits per heavy atom. The largest absolute Gasteiger partial charge is 0.263 e. The molecular weight excluding hydrogens is 219 g/mol. The second-order valence-corrected chi connectivity index (χ2v) is 4.04. The first kappa shape index (κ1) is 9.81. The van der Waals surface area contributed by atoms with E-state index in [1.165, 1.54) is 0 Å². The molecule has 0 N–H and O–H groups in total. The average Bonchev–Trinajstić information content (AvgIpc) is 2.49. The van der Waals surface area contributed by atoms with Crippen LogP contribution in [0.1, 0.15) is 13.3 Å². The summed E-state index contributed by atoms with van der Waals surface area (Å²) in [5, 5.41) is 6.57. The molecule has 0 spiro atoms. The Morgan fingerprint density at radius 3 is 2.86 bits per heavy atom. The number of hydrogen-bond donors (Lipinski definition) is 0. The molecule has 74 valence electrons. The molecule has 1 aromatic carbocycles. The first-order valence-corrected chi connectivity index (χ1v) is 5.28. The number of aryl methyl sites for hydroxylation is 1. The van der Waals surface area contributed by atoms with Gasteiger partial charge in [-0.15, -0.1) is 0 Å². The van der Waals surface area contributed by atoms with Crippen LogP contribution >= 0.6 is 23.2 Å². The Morgan fingerprint density at radius 2 is 2.14 bits per heavy atom. The number of rotatable bonds is 2. The predicted octanol–water partition coefficient (Wildman–Crippen LogP) is 3.75. The first-order chi connectivity index (χ1) is 6.72. The van der Waals surface area contributed by atoms with E-state index in [-0.39, 0.29) is 0 Å². The summed E-state index contributed by atoms with van der Waals surface area (Å²) in [6, 6.07) is 3.63. The van der Waals surface area contributed by atoms with Crippen molar-refractivity contribution in [2.75, 3.05) is 0 Å². The van der Waals surface area contributed by atoms with E-state index in [2.05, 4.69) is 12.0 Å². The molecule has 0 bridgehead atoms. The minimum atomic E-state index is 0.651. The number of hydrogen-bond acceptors (Lipinski definition) is 1. The van der Waals surface area contributed by atoms with Crippen LogP contribution < -0.4 is 0 Å². The molecule has 0 amide bonds. The van der Waals surface area contributed by atoms with Crippen LogP contribution in [0.3, 0.4) is 0 Å². The number of benzene rings is 1. The van der Waals surface area contributed by atoms with Crippen LogP contribution in [0.4, 0.5) is 0 Å². The molecule has 1 heterocycles. The molecule has 0 atom stereocenters. The quantitative estimate of drug-likeness (QED) is 0.766. The zero-order valence-electron chi connectivity index (χ0n) is 7.80. The van der Waals surface area contributed by atoms with Crippen molar-refractivity contribution in [3.63, 3.8) is 0 Å². The van der Waals surface area contributed by atoms with E-state index < -0.39 is 0 Å². The zero-order chi connectivity index (χ0) is 10.1. The summed E-state index contributed by atoms with van der Waals surface area (Å²) in [7, 11) is 0. The highest BCUT2D eigenvalue weighted by molar-refractivity contribution is 6.38. The van der Waals surface area contributed by atoms with Crippen LogP contribution in [-0.4, -0.2) is 9.78 Å². The molecule has 1 aromatic heterocycles. The summed E-state index contributed by atoms with van der Waals surface area (Å²) in [6.45, 7) is 2.99. The van der Waals surface area contributed by atoms with Crippen molar-refractivity contribution < 1.29 is 0 Å². The van der Waals surface area contributed by atoms with E-state index in [1.54, 1.807) is 12.3 Å². The van der Waals surface area contributed by atoms with Crippen molar-refractivity contribution in [1.29, 1.82) is 0 Å². The zero-order valence-corrected chi connectivity index (χ0v) is 9.31. The maximum absolute atomic E-state index is 6.10. The van der Waals surface area contributed by atoms with E-state index in [0.29, 0.717) is 10.0 Å². The van der Waals surface area contributed by atoms with Gasteiger partial charge in [-0.25, -0.2) is 0 Å². The Kier molecular flexibility index (Phi) is 2.66. The molecule has 2 nitrogen and oxygen atoms in total. The fourth-order valence-corrected chi connectivity index (χ4v) is 2.13. The lowest BCUT2D eigenvalue weighted by atomic mass is 10.2. The summed E-state index contributed by atoms with van der Waals surface area (Å²) < 4.78 is 1.91. The topological polar surface area (TPSA) is 17.8 Å². The van der Waals surface area contributed by atoms with E-state index in [0.717, 1.165) is 23.9 Å². The van der Waals surface area contributed by atoms with E-state index in [1.807, 2.05) is 10.7 Å². The van der Waals surface area contributed by atoms with Gasteiger partial charge in [0.2, 0.25) is 0 Å². The van der Waals surface area contributed by atoms with E-state index in [4.69, 9.17) is 23.2 Å². The Hall–Kier alpha value is -0.730. The van der Waals surface area contributed by atoms with Gasteiger partial charge in [-0.3, -0.25) is 4.68 Å². The third-order valence-electron chi connectivity index (χ3n) is 2.09. The molecule has 2 rings (SSSR count). The first-order valence-electron chi connectivity index (χ1n) is 4.53. The molecule has 0 saturated carbocycles. The van der Waals surface area contributed by atoms with Crippen molar-refractivity contribution >= 4 is 34.1 Å². The number of halogens is 2. The van der Waals surface area contributed by atoms with E-state index in [9.17, 15) is 0 Å². The summed E-state index contributed by atoms with van der Waals surface area (Å²) in [5.74, 6) is 0. The van der Waals surface area contributed by atoms with Gasteiger partial charge >= 0.3 is 0 Å². The van der Waals surface area contributed by atoms with Crippen LogP contribution in [0.2, 0.25) is 10.0 Å². The third-order valence-corrected chi connectivity index (χ3v) is 2.59. The summed E-state index contributed by atoms with van der Waals surface area (Å²) in [4.78, 5) is 0. The average molecular weight is 229 g/mol. The highest BCUT2D eigenvalue weighted by atomic mass is 35.5. The van der Waals surface area contributed by atoms with Gasteiger partial charge in [0.15, 0.2) is 0 Å². The minimum absolute atomic E-state index is 0.651. The molecular formula is C10H10Cl2N2. The van der Waals surface area contributed by atoms with Gasteiger partial charge in [0.1, 0.15) is 0 Å². The van der Waals surface area contributed by atoms with Gasteiger partial charge in [-0.2, -0.15) is 5.10 Å². The van der Waals surface area contributed by atoms with Gasteiger partial charge in [-0.1, -0.05) is 30.1 Å². The van der Waals surface area contributed by atoms with Crippen LogP contribution in [-0.2, 0) is 6.54 Å². The molecule has 0 fully saturated rings. The lowest BCUT2D eigenvalue weighted by molar-refractivity contribution is 0.622. The smallest absolute Gasteiger partial charge is 0.0869 e. The lowest BCUT2D eigenvalue weighted by Crippen LogP contribution is -1.98. The molecule has 0 aliphatic rings. The Balaban J connectivity index is 2.66. The van der Waals surface area contributed by atoms with Gasteiger partial charge in [0, 0.05) is 17.0 Å². The van der Waals surface area contributed by atoms with Gasteiger partial charge < -0.3 is 0 Å². The van der Waals surface area contributed by atoms with Crippen molar-refractivity contribution in [1.82, 2.24) is 9.78 Å². The maximum Gasteiger partial charge on any atom is 0.0869 e. The van der Waals surface area contributed by atoms with E-state index >= 15 is 0 Å². The second-order valence-electron chi connectivity index (χ2n) is 3.19. The standard InChI is InChI=1S/C10H10Cl2N2/c1-2-3-14-10-7(6-13-14)4-8(11)5-9(10)12/h4-6H,2-3H2,1H3. The fraction of sp³-hybridized carbons (Fsp3) is 0.300. The minimum Gasteiger partial charge on any atom is -0.263 e. The van der Waals surface area contributed by atoms with Crippen LogP contribution in [0.5, 0.6) is 0 Å². The Bertz CT molecular complexity index is 462. The molecule has 0 aliphatic carbocycles. The maximum atomic E-state index is 6.10. The molecule has 0 saturated heterocycles. The highest BCUT2D eigenvalue weighted by Gasteiger charge is 2.07. The molecule has 0 aliphatic heterocycles. The van der Waals surface area contributed by atoms with Gasteiger partial charge in [-0.05, 0) is 18.6 Å². The van der Waals surface area contributed by atoms with Crippen molar-refractivity contribution in [3.8, 4) is 0 Å². The molecule has 14 heavy (non-hydrogen) atoms. The molecule has 0 radical (unpaired) electrons.